The predicted octanol–water partition coefficient (Wildman–Crippen LogP) is 5.06. The molecule has 0 radical (unpaired) electrons. The molecule has 0 aliphatic heterocycles. The van der Waals surface area contributed by atoms with Crippen LogP contribution in [0.1, 0.15) is 21.6 Å². The van der Waals surface area contributed by atoms with Crippen LogP contribution >= 0.6 is 0 Å². The van der Waals surface area contributed by atoms with Gasteiger partial charge in [0.1, 0.15) is 11.4 Å². The van der Waals surface area contributed by atoms with Crippen LogP contribution in [0.2, 0.25) is 0 Å². The summed E-state index contributed by atoms with van der Waals surface area (Å²) in [7, 11) is 0. The first kappa shape index (κ1) is 20.4. The van der Waals surface area contributed by atoms with Crippen LogP contribution in [0.3, 0.4) is 0 Å². The molecule has 0 fully saturated rings. The molecule has 3 heterocycles. The second-order valence-corrected chi connectivity index (χ2v) is 7.75. The molecule has 2 aromatic carbocycles. The lowest BCUT2D eigenvalue weighted by atomic mass is 10.1. The third-order valence-corrected chi connectivity index (χ3v) is 5.35. The van der Waals surface area contributed by atoms with Crippen molar-refractivity contribution < 1.29 is 9.18 Å². The Hall–Kier alpha value is -4.46. The molecule has 3 aromatic heterocycles. The van der Waals surface area contributed by atoms with Crippen LogP contribution in [0, 0.1) is 19.7 Å². The number of nitrogens with one attached hydrogen (secondary N) is 2. The van der Waals surface area contributed by atoms with Crippen molar-refractivity contribution in [1.82, 2.24) is 24.5 Å². The van der Waals surface area contributed by atoms with E-state index in [0.717, 1.165) is 11.3 Å². The number of carbonyl (C=O) groups excluding carboxylic acids is 1. The van der Waals surface area contributed by atoms with Gasteiger partial charge in [-0.1, -0.05) is 29.8 Å². The number of nitrogens with zero attached hydrogens (tertiary/aromatic N) is 4. The largest absolute Gasteiger partial charge is 0.308 e. The SMILES string of the molecule is Cc1ccc(-n2nc(C)c(C(=O)Nc3cc(-c4cccc(F)c4)[nH]n3)c2-n2cccc2)cc1. The van der Waals surface area contributed by atoms with Crippen molar-refractivity contribution in [3.63, 3.8) is 0 Å². The average molecular weight is 440 g/mol. The lowest BCUT2D eigenvalue weighted by molar-refractivity contribution is 0.102. The van der Waals surface area contributed by atoms with E-state index >= 15 is 0 Å². The number of hydrogen-bond acceptors (Lipinski definition) is 3. The Bertz CT molecular complexity index is 1430. The lowest BCUT2D eigenvalue weighted by Crippen LogP contribution is -2.16. The van der Waals surface area contributed by atoms with Crippen LogP contribution in [-0.4, -0.2) is 30.5 Å². The van der Waals surface area contributed by atoms with Crippen LogP contribution < -0.4 is 5.32 Å². The number of H-pyrrole nitrogens is 1. The number of anilines is 1. The van der Waals surface area contributed by atoms with Crippen molar-refractivity contribution in [2.45, 2.75) is 13.8 Å². The van der Waals surface area contributed by atoms with E-state index < -0.39 is 0 Å². The maximum Gasteiger partial charge on any atom is 0.262 e. The maximum absolute atomic E-state index is 13.6. The zero-order valence-corrected chi connectivity index (χ0v) is 18.1. The second-order valence-electron chi connectivity index (χ2n) is 7.75. The number of aromatic nitrogens is 5. The van der Waals surface area contributed by atoms with E-state index in [2.05, 4.69) is 20.6 Å². The highest BCUT2D eigenvalue weighted by atomic mass is 19.1. The number of aromatic amines is 1. The molecule has 164 valence electrons. The van der Waals surface area contributed by atoms with Gasteiger partial charge in [0.05, 0.1) is 17.1 Å². The number of aryl methyl sites for hydroxylation is 2. The summed E-state index contributed by atoms with van der Waals surface area (Å²) in [6.45, 7) is 3.82. The molecular weight excluding hydrogens is 419 g/mol. The standard InChI is InChI=1S/C25H21FN6O/c1-16-8-10-20(11-9-16)32-25(31-12-3-4-13-31)23(17(2)30-32)24(33)27-22-15-21(28-29-22)18-6-5-7-19(26)14-18/h3-15H,1-2H3,(H2,27,28,29,33). The lowest BCUT2D eigenvalue weighted by Gasteiger charge is -2.11. The van der Waals surface area contributed by atoms with E-state index in [0.29, 0.717) is 34.2 Å². The molecule has 5 rings (SSSR count). The number of amides is 1. The normalized spacial score (nSPS) is 11.0. The van der Waals surface area contributed by atoms with Gasteiger partial charge in [-0.15, -0.1) is 0 Å². The number of carbonyl (C=O) groups is 1. The Morgan fingerprint density at radius 3 is 2.48 bits per heavy atom. The summed E-state index contributed by atoms with van der Waals surface area (Å²) in [5.74, 6) is 0.273. The average Bonchev–Trinajstić information content (AvgIpc) is 3.54. The minimum absolute atomic E-state index is 0.334. The van der Waals surface area contributed by atoms with Gasteiger partial charge in [-0.3, -0.25) is 9.89 Å². The third-order valence-electron chi connectivity index (χ3n) is 5.35. The quantitative estimate of drug-likeness (QED) is 0.401. The molecular formula is C25H21FN6O. The first-order valence-corrected chi connectivity index (χ1v) is 10.4. The zero-order valence-electron chi connectivity index (χ0n) is 18.1. The van der Waals surface area contributed by atoms with Gasteiger partial charge in [0, 0.05) is 24.0 Å². The van der Waals surface area contributed by atoms with Crippen LogP contribution in [0.15, 0.2) is 79.1 Å². The second kappa shape index (κ2) is 8.23. The van der Waals surface area contributed by atoms with Crippen molar-refractivity contribution in [3.05, 3.63) is 102 Å². The minimum atomic E-state index is -0.344. The van der Waals surface area contributed by atoms with E-state index in [-0.39, 0.29) is 11.7 Å². The predicted molar refractivity (Wildman–Crippen MR) is 124 cm³/mol. The molecule has 0 bridgehead atoms. The summed E-state index contributed by atoms with van der Waals surface area (Å²) in [6.07, 6.45) is 3.74. The maximum atomic E-state index is 13.6. The molecule has 1 amide bonds. The van der Waals surface area contributed by atoms with Gasteiger partial charge < -0.3 is 9.88 Å². The fourth-order valence-corrected chi connectivity index (χ4v) is 3.73. The number of halogens is 1. The van der Waals surface area contributed by atoms with Crippen LogP contribution in [0.5, 0.6) is 0 Å². The van der Waals surface area contributed by atoms with E-state index in [1.807, 2.05) is 60.3 Å². The Morgan fingerprint density at radius 2 is 1.76 bits per heavy atom. The van der Waals surface area contributed by atoms with E-state index in [1.54, 1.807) is 29.8 Å². The molecule has 33 heavy (non-hydrogen) atoms. The highest BCUT2D eigenvalue weighted by Crippen LogP contribution is 2.25. The van der Waals surface area contributed by atoms with Crippen molar-refractivity contribution >= 4 is 11.7 Å². The molecule has 0 atom stereocenters. The highest BCUT2D eigenvalue weighted by Gasteiger charge is 2.24. The smallest absolute Gasteiger partial charge is 0.262 e. The van der Waals surface area contributed by atoms with Crippen LogP contribution in [0.4, 0.5) is 10.2 Å². The molecule has 7 nitrogen and oxygen atoms in total. The van der Waals surface area contributed by atoms with E-state index in [9.17, 15) is 9.18 Å². The first-order chi connectivity index (χ1) is 16.0. The zero-order chi connectivity index (χ0) is 22.9. The Morgan fingerprint density at radius 1 is 1.00 bits per heavy atom. The number of hydrogen-bond donors (Lipinski definition) is 2. The topological polar surface area (TPSA) is 80.5 Å². The molecule has 0 saturated carbocycles. The molecule has 2 N–H and O–H groups in total. The summed E-state index contributed by atoms with van der Waals surface area (Å²) in [5.41, 5.74) is 4.23. The highest BCUT2D eigenvalue weighted by molar-refractivity contribution is 6.07. The molecule has 5 aromatic rings. The molecule has 0 aliphatic rings. The van der Waals surface area contributed by atoms with Crippen molar-refractivity contribution in [2.75, 3.05) is 5.32 Å². The third kappa shape index (κ3) is 3.94. The van der Waals surface area contributed by atoms with Gasteiger partial charge in [0.15, 0.2) is 11.6 Å². The first-order valence-electron chi connectivity index (χ1n) is 10.4. The van der Waals surface area contributed by atoms with Crippen LogP contribution in [-0.2, 0) is 0 Å². The minimum Gasteiger partial charge on any atom is -0.308 e. The Balaban J connectivity index is 1.52. The van der Waals surface area contributed by atoms with E-state index in [1.165, 1.54) is 12.1 Å². The van der Waals surface area contributed by atoms with Crippen molar-refractivity contribution in [2.24, 2.45) is 0 Å². The molecule has 8 heteroatoms. The van der Waals surface area contributed by atoms with Gasteiger partial charge >= 0.3 is 0 Å². The summed E-state index contributed by atoms with van der Waals surface area (Å²) in [4.78, 5) is 13.4. The van der Waals surface area contributed by atoms with Crippen molar-refractivity contribution in [3.8, 4) is 22.8 Å². The molecule has 0 saturated heterocycles. The van der Waals surface area contributed by atoms with Crippen LogP contribution in [0.25, 0.3) is 22.8 Å². The Labute approximate surface area is 189 Å². The Kier molecular flexibility index (Phi) is 5.10. The fraction of sp³-hybridized carbons (Fsp3) is 0.0800. The molecule has 0 unspecified atom stereocenters. The summed E-state index contributed by atoms with van der Waals surface area (Å²) < 4.78 is 17.2. The molecule has 0 aliphatic carbocycles. The van der Waals surface area contributed by atoms with Gasteiger partial charge in [-0.25, -0.2) is 9.07 Å². The van der Waals surface area contributed by atoms with Gasteiger partial charge in [0.25, 0.3) is 5.91 Å². The van der Waals surface area contributed by atoms with Gasteiger partial charge in [0.2, 0.25) is 0 Å². The monoisotopic (exact) mass is 440 g/mol. The number of benzene rings is 2. The summed E-state index contributed by atoms with van der Waals surface area (Å²) in [5, 5.41) is 14.5. The molecule has 0 spiro atoms. The van der Waals surface area contributed by atoms with E-state index in [4.69, 9.17) is 0 Å². The van der Waals surface area contributed by atoms with Crippen molar-refractivity contribution in [1.29, 1.82) is 0 Å². The summed E-state index contributed by atoms with van der Waals surface area (Å²) >= 11 is 0. The summed E-state index contributed by atoms with van der Waals surface area (Å²) in [6, 6.07) is 19.6. The van der Waals surface area contributed by atoms with Gasteiger partial charge in [-0.2, -0.15) is 10.2 Å². The van der Waals surface area contributed by atoms with Gasteiger partial charge in [-0.05, 0) is 50.2 Å². The number of rotatable bonds is 5. The fourth-order valence-electron chi connectivity index (χ4n) is 3.73.